The van der Waals surface area contributed by atoms with Crippen LogP contribution in [0.2, 0.25) is 0 Å². The van der Waals surface area contributed by atoms with Crippen LogP contribution in [0.5, 0.6) is 0 Å². The van der Waals surface area contributed by atoms with Crippen LogP contribution < -0.4 is 0 Å². The van der Waals surface area contributed by atoms with Gasteiger partial charge in [0.05, 0.1) is 16.6 Å². The van der Waals surface area contributed by atoms with Gasteiger partial charge in [0.1, 0.15) is 17.3 Å². The average Bonchev–Trinajstić information content (AvgIpc) is 3.11. The summed E-state index contributed by atoms with van der Waals surface area (Å²) in [6.45, 7) is -0.0306. The fourth-order valence-electron chi connectivity index (χ4n) is 3.16. The summed E-state index contributed by atoms with van der Waals surface area (Å²) in [4.78, 5) is 15.8. The number of hydrogen-bond donors (Lipinski definition) is 0. The molecule has 0 spiro atoms. The number of para-hydroxylation sites is 2. The summed E-state index contributed by atoms with van der Waals surface area (Å²) >= 11 is 0. The molecule has 1 heterocycles. The van der Waals surface area contributed by atoms with Crippen LogP contribution in [0.4, 0.5) is 13.2 Å². The zero-order chi connectivity index (χ0) is 22.8. The first-order chi connectivity index (χ1) is 14.7. The third-order valence-electron chi connectivity index (χ3n) is 4.69. The Morgan fingerprint density at radius 2 is 1.84 bits per heavy atom. The van der Waals surface area contributed by atoms with Crippen LogP contribution in [-0.4, -0.2) is 41.3 Å². The maximum atomic E-state index is 14.2. The van der Waals surface area contributed by atoms with E-state index in [1.807, 2.05) is 0 Å². The second-order valence-corrected chi connectivity index (χ2v) is 8.38. The zero-order valence-corrected chi connectivity index (χ0v) is 17.6. The van der Waals surface area contributed by atoms with Crippen molar-refractivity contribution in [3.63, 3.8) is 0 Å². The molecule has 0 aliphatic carbocycles. The monoisotopic (exact) mass is 455 g/mol. The summed E-state index contributed by atoms with van der Waals surface area (Å²) in [6, 6.07) is 9.01. The number of benzene rings is 2. The summed E-state index contributed by atoms with van der Waals surface area (Å²) in [7, 11) is -4.16. The van der Waals surface area contributed by atoms with Crippen LogP contribution in [0.15, 0.2) is 47.4 Å². The van der Waals surface area contributed by atoms with E-state index in [2.05, 4.69) is 4.98 Å². The highest BCUT2D eigenvalue weighted by Gasteiger charge is 2.27. The van der Waals surface area contributed by atoms with Gasteiger partial charge in [-0.25, -0.2) is 22.6 Å². The Balaban J connectivity index is 1.87. The molecule has 0 aliphatic heterocycles. The molecular formula is C20H20F3N3O4S. The first-order valence-corrected chi connectivity index (χ1v) is 10.9. The molecule has 0 N–H and O–H groups in total. The number of esters is 1. The minimum Gasteiger partial charge on any atom is -0.454 e. The summed E-state index contributed by atoms with van der Waals surface area (Å²) in [6.07, 6.45) is 0. The van der Waals surface area contributed by atoms with Crippen molar-refractivity contribution in [2.45, 2.75) is 31.9 Å². The first kappa shape index (κ1) is 22.8. The lowest BCUT2D eigenvalue weighted by atomic mass is 10.2. The number of carbonyl (C=O) groups is 1. The molecule has 0 aliphatic rings. The van der Waals surface area contributed by atoms with Crippen molar-refractivity contribution in [1.82, 2.24) is 13.9 Å². The van der Waals surface area contributed by atoms with Crippen LogP contribution in [0.1, 0.15) is 36.6 Å². The van der Waals surface area contributed by atoms with E-state index in [4.69, 9.17) is 4.74 Å². The zero-order valence-electron chi connectivity index (χ0n) is 16.8. The van der Waals surface area contributed by atoms with Gasteiger partial charge in [0.2, 0.25) is 10.0 Å². The summed E-state index contributed by atoms with van der Waals surface area (Å²) in [5, 5.41) is 0. The predicted octanol–water partition coefficient (Wildman–Crippen LogP) is 3.96. The topological polar surface area (TPSA) is 81.5 Å². The number of alkyl halides is 2. The van der Waals surface area contributed by atoms with Gasteiger partial charge >= 0.3 is 12.5 Å². The molecule has 2 aromatic carbocycles. The molecule has 31 heavy (non-hydrogen) atoms. The van der Waals surface area contributed by atoms with Crippen molar-refractivity contribution in [3.8, 4) is 0 Å². The van der Waals surface area contributed by atoms with Crippen molar-refractivity contribution in [3.05, 3.63) is 59.7 Å². The number of hydrogen-bond acceptors (Lipinski definition) is 5. The minimum atomic E-state index is -4.16. The van der Waals surface area contributed by atoms with Gasteiger partial charge in [-0.1, -0.05) is 26.0 Å². The van der Waals surface area contributed by atoms with Gasteiger partial charge < -0.3 is 4.74 Å². The van der Waals surface area contributed by atoms with Crippen molar-refractivity contribution >= 4 is 27.0 Å². The van der Waals surface area contributed by atoms with E-state index in [-0.39, 0.29) is 30.0 Å². The largest absolute Gasteiger partial charge is 0.454 e. The third-order valence-corrected chi connectivity index (χ3v) is 6.75. The van der Waals surface area contributed by atoms with Crippen LogP contribution in [0.25, 0.3) is 11.0 Å². The molecule has 0 saturated carbocycles. The van der Waals surface area contributed by atoms with Gasteiger partial charge in [-0.3, -0.25) is 4.57 Å². The molecule has 0 saturated heterocycles. The molecule has 7 nitrogen and oxygen atoms in total. The van der Waals surface area contributed by atoms with Gasteiger partial charge in [0.15, 0.2) is 5.82 Å². The van der Waals surface area contributed by atoms with Crippen molar-refractivity contribution in [1.29, 1.82) is 0 Å². The summed E-state index contributed by atoms with van der Waals surface area (Å²) < 4.78 is 73.2. The minimum absolute atomic E-state index is 0.122. The molecule has 0 atom stereocenters. The number of sulfonamides is 1. The second-order valence-electron chi connectivity index (χ2n) is 6.48. The van der Waals surface area contributed by atoms with E-state index < -0.39 is 39.9 Å². The summed E-state index contributed by atoms with van der Waals surface area (Å²) in [5.74, 6) is -2.19. The number of carbonyl (C=O) groups excluding carboxylic acids is 1. The fraction of sp³-hybridized carbons (Fsp3) is 0.300. The molecular weight excluding hydrogens is 435 g/mol. The van der Waals surface area contributed by atoms with Crippen LogP contribution in [0, 0.1) is 5.82 Å². The lowest BCUT2D eigenvalue weighted by Crippen LogP contribution is -2.31. The lowest BCUT2D eigenvalue weighted by Gasteiger charge is -2.19. The van der Waals surface area contributed by atoms with E-state index in [1.165, 1.54) is 6.07 Å². The van der Waals surface area contributed by atoms with Crippen molar-refractivity contribution in [2.75, 3.05) is 13.1 Å². The molecule has 3 rings (SSSR count). The SMILES string of the molecule is CCN(CC)S(=O)(=O)c1cc(C(=O)OCc2nc3ccccc3n2C(F)F)ccc1F. The Bertz CT molecular complexity index is 1210. The van der Waals surface area contributed by atoms with Crippen LogP contribution >= 0.6 is 0 Å². The van der Waals surface area contributed by atoms with E-state index in [1.54, 1.807) is 32.0 Å². The molecule has 3 aromatic rings. The molecule has 0 bridgehead atoms. The van der Waals surface area contributed by atoms with Gasteiger partial charge in [-0.05, 0) is 30.3 Å². The molecule has 0 radical (unpaired) electrons. The second kappa shape index (κ2) is 9.06. The Morgan fingerprint density at radius 1 is 1.16 bits per heavy atom. The molecule has 166 valence electrons. The smallest absolute Gasteiger partial charge is 0.338 e. The molecule has 0 amide bonds. The summed E-state index contributed by atoms with van der Waals surface area (Å²) in [5.41, 5.74) is 0.257. The third kappa shape index (κ3) is 4.42. The number of aromatic nitrogens is 2. The maximum Gasteiger partial charge on any atom is 0.338 e. The van der Waals surface area contributed by atoms with Crippen molar-refractivity contribution in [2.24, 2.45) is 0 Å². The number of ether oxygens (including phenoxy) is 1. The fourth-order valence-corrected chi connectivity index (χ4v) is 4.71. The number of rotatable bonds is 8. The number of halogens is 3. The Morgan fingerprint density at radius 3 is 2.48 bits per heavy atom. The number of nitrogens with zero attached hydrogens (tertiary/aromatic N) is 3. The predicted molar refractivity (Wildman–Crippen MR) is 107 cm³/mol. The van der Waals surface area contributed by atoms with Gasteiger partial charge in [0.25, 0.3) is 0 Å². The average molecular weight is 455 g/mol. The molecule has 1 aromatic heterocycles. The highest BCUT2D eigenvalue weighted by atomic mass is 32.2. The Kier molecular flexibility index (Phi) is 6.65. The molecule has 0 unspecified atom stereocenters. The van der Waals surface area contributed by atoms with Gasteiger partial charge in [0, 0.05) is 13.1 Å². The number of fused-ring (bicyclic) bond motifs is 1. The highest BCUT2D eigenvalue weighted by Crippen LogP contribution is 2.25. The van der Waals surface area contributed by atoms with E-state index in [9.17, 15) is 26.4 Å². The van der Waals surface area contributed by atoms with Crippen LogP contribution in [0.3, 0.4) is 0 Å². The highest BCUT2D eigenvalue weighted by molar-refractivity contribution is 7.89. The first-order valence-electron chi connectivity index (χ1n) is 9.41. The lowest BCUT2D eigenvalue weighted by molar-refractivity contribution is 0.0387. The van der Waals surface area contributed by atoms with Crippen LogP contribution in [-0.2, 0) is 21.4 Å². The molecule has 0 fully saturated rings. The van der Waals surface area contributed by atoms with Crippen molar-refractivity contribution < 1.29 is 31.1 Å². The normalized spacial score (nSPS) is 12.1. The van der Waals surface area contributed by atoms with Gasteiger partial charge in [-0.15, -0.1) is 0 Å². The maximum absolute atomic E-state index is 14.2. The van der Waals surface area contributed by atoms with E-state index in [0.717, 1.165) is 22.5 Å². The standard InChI is InChI=1S/C20H20F3N3O4S/c1-3-25(4-2)31(28,29)17-11-13(9-10-14(17)21)19(27)30-12-18-24-15-7-5-6-8-16(15)26(18)20(22)23/h5-11,20H,3-4,12H2,1-2H3. The Labute approximate surface area is 177 Å². The number of imidazole rings is 1. The van der Waals surface area contributed by atoms with E-state index in [0.29, 0.717) is 10.1 Å². The quantitative estimate of drug-likeness (QED) is 0.481. The van der Waals surface area contributed by atoms with E-state index >= 15 is 0 Å². The Hall–Kier alpha value is -2.92. The van der Waals surface area contributed by atoms with Gasteiger partial charge in [-0.2, -0.15) is 13.1 Å². The molecule has 11 heteroatoms.